The maximum atomic E-state index is 13.7. The summed E-state index contributed by atoms with van der Waals surface area (Å²) in [5.74, 6) is -1.33. The number of aromatic amines is 1. The predicted molar refractivity (Wildman–Crippen MR) is 102 cm³/mol. The van der Waals surface area contributed by atoms with Gasteiger partial charge in [0.15, 0.2) is 16.6 Å². The quantitative estimate of drug-likeness (QED) is 0.288. The fourth-order valence-electron chi connectivity index (χ4n) is 2.52. The van der Waals surface area contributed by atoms with Gasteiger partial charge >= 0.3 is 11.7 Å². The minimum Gasteiger partial charge on any atom is -0.321 e. The van der Waals surface area contributed by atoms with Gasteiger partial charge in [0, 0.05) is 11.9 Å². The average molecular weight is 455 g/mol. The van der Waals surface area contributed by atoms with Crippen LogP contribution in [0, 0.1) is 5.95 Å². The van der Waals surface area contributed by atoms with Gasteiger partial charge < -0.3 is 4.98 Å². The second-order valence-corrected chi connectivity index (χ2v) is 7.70. The van der Waals surface area contributed by atoms with Gasteiger partial charge in [-0.15, -0.1) is 11.3 Å². The molecule has 0 atom stereocenters. The average Bonchev–Trinajstić information content (AvgIpc) is 3.17. The summed E-state index contributed by atoms with van der Waals surface area (Å²) in [6.45, 7) is 0. The van der Waals surface area contributed by atoms with Crippen LogP contribution in [0.2, 0.25) is 0 Å². The van der Waals surface area contributed by atoms with Crippen molar-refractivity contribution in [1.29, 1.82) is 0 Å². The molecule has 3 heterocycles. The summed E-state index contributed by atoms with van der Waals surface area (Å²) in [6.07, 6.45) is -3.37. The highest BCUT2D eigenvalue weighted by atomic mass is 32.2. The Morgan fingerprint density at radius 3 is 2.53 bits per heavy atom. The van der Waals surface area contributed by atoms with Crippen molar-refractivity contribution in [2.24, 2.45) is 0 Å². The second kappa shape index (κ2) is 7.65. The van der Waals surface area contributed by atoms with E-state index in [2.05, 4.69) is 19.9 Å². The topological polar surface area (TPSA) is 93.5 Å². The molecule has 0 radical (unpaired) electrons. The lowest BCUT2D eigenvalue weighted by Gasteiger charge is -2.11. The molecule has 4 aromatic rings. The van der Waals surface area contributed by atoms with Crippen LogP contribution in [-0.2, 0) is 11.9 Å². The Labute approximate surface area is 172 Å². The number of thiazole rings is 1. The largest absolute Gasteiger partial charge is 0.416 e. The van der Waals surface area contributed by atoms with Crippen LogP contribution >= 0.6 is 23.1 Å². The van der Waals surface area contributed by atoms with E-state index in [1.165, 1.54) is 17.6 Å². The molecular weight excluding hydrogens is 446 g/mol. The van der Waals surface area contributed by atoms with E-state index in [1.54, 1.807) is 0 Å². The summed E-state index contributed by atoms with van der Waals surface area (Å²) in [5, 5.41) is 0.0947. The van der Waals surface area contributed by atoms with Crippen molar-refractivity contribution in [3.8, 4) is 5.82 Å². The minimum atomic E-state index is -4.44. The number of nitrogens with zero attached hydrogens (tertiary/aromatic N) is 4. The Balaban J connectivity index is 1.73. The highest BCUT2D eigenvalue weighted by Crippen LogP contribution is 2.30. The summed E-state index contributed by atoms with van der Waals surface area (Å²) >= 11 is 2.07. The molecule has 0 unspecified atom stereocenters. The van der Waals surface area contributed by atoms with Gasteiger partial charge in [0.05, 0.1) is 11.1 Å². The second-order valence-electron chi connectivity index (χ2n) is 5.90. The highest BCUT2D eigenvalue weighted by molar-refractivity contribution is 7.98. The maximum Gasteiger partial charge on any atom is 0.416 e. The number of hydrogen-bond donors (Lipinski definition) is 1. The number of aromatic nitrogens is 5. The van der Waals surface area contributed by atoms with Crippen LogP contribution in [0.1, 0.15) is 11.1 Å². The molecule has 0 bridgehead atoms. The van der Waals surface area contributed by atoms with Gasteiger partial charge in [-0.2, -0.15) is 22.5 Å². The highest BCUT2D eigenvalue weighted by Gasteiger charge is 2.30. The molecule has 1 N–H and O–H groups in total. The monoisotopic (exact) mass is 455 g/mol. The molecule has 0 saturated carbocycles. The number of thioether (sulfide) groups is 1. The number of benzene rings is 1. The SMILES string of the molecule is O=c1[nH]cc(-n2c(SCc3ccc(C(F)(F)F)cc3)nc3ncsc3c2=O)nc1F. The summed E-state index contributed by atoms with van der Waals surface area (Å²) in [7, 11) is 0. The van der Waals surface area contributed by atoms with E-state index < -0.39 is 28.8 Å². The Bertz CT molecular complexity index is 1350. The number of rotatable bonds is 4. The fraction of sp³-hybridized carbons (Fsp3) is 0.118. The van der Waals surface area contributed by atoms with E-state index in [4.69, 9.17) is 0 Å². The van der Waals surface area contributed by atoms with Crippen molar-refractivity contribution >= 4 is 33.4 Å². The molecule has 0 spiro atoms. The van der Waals surface area contributed by atoms with Crippen molar-refractivity contribution in [2.45, 2.75) is 17.1 Å². The molecule has 0 aliphatic carbocycles. The van der Waals surface area contributed by atoms with Crippen LogP contribution in [-0.4, -0.2) is 24.5 Å². The first-order valence-corrected chi connectivity index (χ1v) is 10.0. The van der Waals surface area contributed by atoms with Gasteiger partial charge in [-0.25, -0.2) is 14.5 Å². The summed E-state index contributed by atoms with van der Waals surface area (Å²) in [6, 6.07) is 4.55. The van der Waals surface area contributed by atoms with Crippen molar-refractivity contribution in [1.82, 2.24) is 24.5 Å². The summed E-state index contributed by atoms with van der Waals surface area (Å²) in [4.78, 5) is 38.1. The lowest BCUT2D eigenvalue weighted by molar-refractivity contribution is -0.137. The molecule has 0 aliphatic rings. The molecular formula is C17H9F4N5O2S2. The fourth-order valence-corrected chi connectivity index (χ4v) is 4.12. The summed E-state index contributed by atoms with van der Waals surface area (Å²) < 4.78 is 53.0. The molecule has 13 heteroatoms. The van der Waals surface area contributed by atoms with Crippen LogP contribution in [0.3, 0.4) is 0 Å². The van der Waals surface area contributed by atoms with Crippen molar-refractivity contribution in [2.75, 3.05) is 0 Å². The molecule has 0 saturated heterocycles. The first kappa shape index (κ1) is 20.2. The number of nitrogens with one attached hydrogen (secondary N) is 1. The zero-order chi connectivity index (χ0) is 21.5. The van der Waals surface area contributed by atoms with Crippen LogP contribution < -0.4 is 11.1 Å². The van der Waals surface area contributed by atoms with E-state index in [9.17, 15) is 27.2 Å². The Hall–Kier alpha value is -3.06. The summed E-state index contributed by atoms with van der Waals surface area (Å²) in [5.41, 5.74) is -0.222. The Morgan fingerprint density at radius 1 is 1.13 bits per heavy atom. The number of halogens is 4. The van der Waals surface area contributed by atoms with Crippen molar-refractivity contribution in [3.05, 3.63) is 73.8 Å². The molecule has 0 amide bonds. The third-order valence-electron chi connectivity index (χ3n) is 3.95. The number of H-pyrrole nitrogens is 1. The maximum absolute atomic E-state index is 13.7. The van der Waals surface area contributed by atoms with Crippen LogP contribution in [0.15, 0.2) is 50.7 Å². The lowest BCUT2D eigenvalue weighted by atomic mass is 10.1. The van der Waals surface area contributed by atoms with Gasteiger partial charge in [0.25, 0.3) is 11.5 Å². The van der Waals surface area contributed by atoms with E-state index in [0.717, 1.165) is 46.0 Å². The Kier molecular flexibility index (Phi) is 5.15. The van der Waals surface area contributed by atoms with E-state index >= 15 is 0 Å². The third-order valence-corrected chi connectivity index (χ3v) is 5.76. The molecule has 0 aliphatic heterocycles. The zero-order valence-electron chi connectivity index (χ0n) is 14.6. The predicted octanol–water partition coefficient (Wildman–Crippen LogP) is 3.38. The van der Waals surface area contributed by atoms with Gasteiger partial charge in [-0.05, 0) is 17.7 Å². The zero-order valence-corrected chi connectivity index (χ0v) is 16.2. The van der Waals surface area contributed by atoms with Crippen LogP contribution in [0.25, 0.3) is 16.2 Å². The first-order valence-electron chi connectivity index (χ1n) is 8.15. The minimum absolute atomic E-state index is 0.0947. The first-order chi connectivity index (χ1) is 14.2. The molecule has 0 fully saturated rings. The number of alkyl halides is 3. The number of hydrogen-bond acceptors (Lipinski definition) is 7. The van der Waals surface area contributed by atoms with Crippen molar-refractivity contribution < 1.29 is 17.6 Å². The Morgan fingerprint density at radius 2 is 1.87 bits per heavy atom. The van der Waals surface area contributed by atoms with Gasteiger partial charge in [0.1, 0.15) is 4.70 Å². The van der Waals surface area contributed by atoms with E-state index in [-0.39, 0.29) is 27.1 Å². The normalized spacial score (nSPS) is 11.9. The van der Waals surface area contributed by atoms with Gasteiger partial charge in [-0.1, -0.05) is 23.9 Å². The standard InChI is InChI=1S/C17H9F4N5O2S2/c18-12-14(27)22-5-10(24-12)26-15(28)11-13(23-7-30-11)25-16(26)29-6-8-1-3-9(4-2-8)17(19,20)21/h1-5,7H,6H2,(H,22,27). The molecule has 154 valence electrons. The van der Waals surface area contributed by atoms with Gasteiger partial charge in [0.2, 0.25) is 0 Å². The third kappa shape index (κ3) is 3.85. The molecule has 4 rings (SSSR count). The molecule has 7 nitrogen and oxygen atoms in total. The molecule has 30 heavy (non-hydrogen) atoms. The van der Waals surface area contributed by atoms with E-state index in [1.807, 2.05) is 0 Å². The van der Waals surface area contributed by atoms with E-state index in [0.29, 0.717) is 5.56 Å². The van der Waals surface area contributed by atoms with Gasteiger partial charge in [-0.3, -0.25) is 9.59 Å². The smallest absolute Gasteiger partial charge is 0.321 e. The lowest BCUT2D eigenvalue weighted by Crippen LogP contribution is -2.24. The van der Waals surface area contributed by atoms with Crippen LogP contribution in [0.4, 0.5) is 17.6 Å². The van der Waals surface area contributed by atoms with Crippen molar-refractivity contribution in [3.63, 3.8) is 0 Å². The molecule has 1 aromatic carbocycles. The van der Waals surface area contributed by atoms with Crippen LogP contribution in [0.5, 0.6) is 0 Å². The molecule has 3 aromatic heterocycles. The number of fused-ring (bicyclic) bond motifs is 1.